The number of thioether (sulfide) groups is 1. The molecule has 0 unspecified atom stereocenters. The quantitative estimate of drug-likeness (QED) is 0.647. The van der Waals surface area contributed by atoms with E-state index in [9.17, 15) is 4.39 Å². The lowest BCUT2D eigenvalue weighted by Gasteiger charge is -2.04. The Hall–Kier alpha value is -1.68. The van der Waals surface area contributed by atoms with E-state index in [1.165, 1.54) is 17.8 Å². The van der Waals surface area contributed by atoms with Crippen LogP contribution in [0.25, 0.3) is 0 Å². The van der Waals surface area contributed by atoms with Gasteiger partial charge in [-0.25, -0.2) is 4.39 Å². The molecule has 0 saturated carbocycles. The van der Waals surface area contributed by atoms with Crippen molar-refractivity contribution in [2.45, 2.75) is 10.6 Å². The molecule has 2 rings (SSSR count). The number of hydrogen-bond acceptors (Lipinski definition) is 3. The van der Waals surface area contributed by atoms with E-state index >= 15 is 0 Å². The highest BCUT2D eigenvalue weighted by Gasteiger charge is 2.03. The Balaban J connectivity index is 2.04. The second-order valence-electron chi connectivity index (χ2n) is 3.64. The van der Waals surface area contributed by atoms with Crippen LogP contribution in [-0.2, 0) is 5.75 Å². The number of aromatic hydroxyl groups is 1. The van der Waals surface area contributed by atoms with Crippen LogP contribution in [0.5, 0.6) is 5.75 Å². The summed E-state index contributed by atoms with van der Waals surface area (Å²) < 4.78 is 13.5. The Morgan fingerprint density at radius 2 is 1.82 bits per heavy atom. The van der Waals surface area contributed by atoms with E-state index in [2.05, 4.69) is 0 Å². The van der Waals surface area contributed by atoms with E-state index in [1.54, 1.807) is 24.3 Å². The fourth-order valence-electron chi connectivity index (χ4n) is 1.39. The summed E-state index contributed by atoms with van der Waals surface area (Å²) in [6.45, 7) is 0. The molecule has 0 spiro atoms. The largest absolute Gasteiger partial charge is 0.508 e. The Morgan fingerprint density at radius 3 is 2.47 bits per heavy atom. The monoisotopic (exact) mass is 249 g/mol. The van der Waals surface area contributed by atoms with Crippen molar-refractivity contribution in [2.24, 2.45) is 0 Å². The molecular weight excluding hydrogens is 237 g/mol. The van der Waals surface area contributed by atoms with Gasteiger partial charge in [0.2, 0.25) is 0 Å². The summed E-state index contributed by atoms with van der Waals surface area (Å²) >= 11 is 1.40. The third kappa shape index (κ3) is 3.14. The normalized spacial score (nSPS) is 10.4. The maximum atomic E-state index is 13.5. The van der Waals surface area contributed by atoms with Gasteiger partial charge in [0.05, 0.1) is 0 Å². The van der Waals surface area contributed by atoms with Gasteiger partial charge < -0.3 is 10.8 Å². The van der Waals surface area contributed by atoms with Crippen molar-refractivity contribution in [1.29, 1.82) is 0 Å². The predicted octanol–water partition coefficient (Wildman–Crippen LogP) is 3.41. The number of benzene rings is 2. The first-order chi connectivity index (χ1) is 8.15. The molecule has 0 aliphatic heterocycles. The summed E-state index contributed by atoms with van der Waals surface area (Å²) in [5, 5.41) is 9.14. The molecule has 3 N–H and O–H groups in total. The number of hydrogen-bond donors (Lipinski definition) is 2. The first kappa shape index (κ1) is 11.8. The van der Waals surface area contributed by atoms with Crippen LogP contribution in [0.15, 0.2) is 47.4 Å². The molecule has 0 saturated heterocycles. The summed E-state index contributed by atoms with van der Waals surface area (Å²) in [4.78, 5) is 0.576. The second kappa shape index (κ2) is 5.10. The van der Waals surface area contributed by atoms with E-state index in [0.717, 1.165) is 5.56 Å². The summed E-state index contributed by atoms with van der Waals surface area (Å²) in [5.74, 6) is 0.590. The smallest absolute Gasteiger partial charge is 0.138 e. The van der Waals surface area contributed by atoms with Crippen molar-refractivity contribution in [3.63, 3.8) is 0 Å². The zero-order valence-corrected chi connectivity index (χ0v) is 9.88. The molecule has 4 heteroatoms. The van der Waals surface area contributed by atoms with Crippen molar-refractivity contribution in [3.05, 3.63) is 53.8 Å². The molecule has 0 amide bonds. The van der Waals surface area contributed by atoms with Gasteiger partial charge >= 0.3 is 0 Å². The van der Waals surface area contributed by atoms with Crippen LogP contribution in [0.1, 0.15) is 5.56 Å². The van der Waals surface area contributed by atoms with E-state index in [1.807, 2.05) is 12.1 Å². The van der Waals surface area contributed by atoms with Gasteiger partial charge in [0.1, 0.15) is 11.6 Å². The van der Waals surface area contributed by atoms with E-state index in [4.69, 9.17) is 10.8 Å². The molecular formula is C13H12FNOS. The third-order valence-corrected chi connectivity index (χ3v) is 3.41. The summed E-state index contributed by atoms with van der Waals surface area (Å²) in [6, 6.07) is 11.6. The van der Waals surface area contributed by atoms with E-state index < -0.39 is 0 Å². The minimum atomic E-state index is -0.297. The lowest BCUT2D eigenvalue weighted by atomic mass is 10.2. The van der Waals surface area contributed by atoms with Crippen molar-refractivity contribution in [2.75, 3.05) is 5.73 Å². The number of anilines is 1. The van der Waals surface area contributed by atoms with Gasteiger partial charge in [0, 0.05) is 16.3 Å². The van der Waals surface area contributed by atoms with Crippen LogP contribution in [-0.4, -0.2) is 5.11 Å². The van der Waals surface area contributed by atoms with Crippen LogP contribution in [0, 0.1) is 5.82 Å². The van der Waals surface area contributed by atoms with Gasteiger partial charge in [-0.3, -0.25) is 0 Å². The highest BCUT2D eigenvalue weighted by molar-refractivity contribution is 7.98. The standard InChI is InChI=1S/C13H12FNOS/c14-12-7-10(15)3-6-13(12)17-8-9-1-4-11(16)5-2-9/h1-7,16H,8,15H2. The maximum absolute atomic E-state index is 13.5. The van der Waals surface area contributed by atoms with Crippen molar-refractivity contribution >= 4 is 17.4 Å². The minimum Gasteiger partial charge on any atom is -0.508 e. The van der Waals surface area contributed by atoms with E-state index in [-0.39, 0.29) is 11.6 Å². The van der Waals surface area contributed by atoms with Crippen LogP contribution in [0.3, 0.4) is 0 Å². The van der Waals surface area contributed by atoms with Crippen molar-refractivity contribution < 1.29 is 9.50 Å². The molecule has 88 valence electrons. The first-order valence-corrected chi connectivity index (χ1v) is 6.09. The number of nitrogens with two attached hydrogens (primary N) is 1. The number of halogens is 1. The van der Waals surface area contributed by atoms with Crippen LogP contribution in [0.2, 0.25) is 0 Å². The lowest BCUT2D eigenvalue weighted by molar-refractivity contribution is 0.475. The average molecular weight is 249 g/mol. The van der Waals surface area contributed by atoms with Crippen LogP contribution >= 0.6 is 11.8 Å². The summed E-state index contributed by atoms with van der Waals surface area (Å²) in [5.41, 5.74) is 6.93. The van der Waals surface area contributed by atoms with Crippen LogP contribution in [0.4, 0.5) is 10.1 Å². The average Bonchev–Trinajstić information content (AvgIpc) is 2.30. The van der Waals surface area contributed by atoms with Gasteiger partial charge in [0.25, 0.3) is 0 Å². The predicted molar refractivity (Wildman–Crippen MR) is 68.5 cm³/mol. The molecule has 0 fully saturated rings. The minimum absolute atomic E-state index is 0.234. The number of phenolic OH excluding ortho intramolecular Hbond substituents is 1. The first-order valence-electron chi connectivity index (χ1n) is 5.11. The number of rotatable bonds is 3. The molecule has 0 aromatic heterocycles. The molecule has 2 aromatic carbocycles. The molecule has 2 nitrogen and oxygen atoms in total. The SMILES string of the molecule is Nc1ccc(SCc2ccc(O)cc2)c(F)c1. The van der Waals surface area contributed by atoms with Crippen molar-refractivity contribution in [1.82, 2.24) is 0 Å². The third-order valence-electron chi connectivity index (χ3n) is 2.29. The fourth-order valence-corrected chi connectivity index (χ4v) is 2.26. The highest BCUT2D eigenvalue weighted by atomic mass is 32.2. The summed E-state index contributed by atoms with van der Waals surface area (Å²) in [7, 11) is 0. The topological polar surface area (TPSA) is 46.2 Å². The van der Waals surface area contributed by atoms with Gasteiger partial charge in [-0.2, -0.15) is 0 Å². The van der Waals surface area contributed by atoms with Gasteiger partial charge in [-0.1, -0.05) is 12.1 Å². The zero-order chi connectivity index (χ0) is 12.3. The molecule has 17 heavy (non-hydrogen) atoms. The molecule has 0 heterocycles. The van der Waals surface area contributed by atoms with Crippen molar-refractivity contribution in [3.8, 4) is 5.75 Å². The molecule has 0 bridgehead atoms. The Bertz CT molecular complexity index is 513. The van der Waals surface area contributed by atoms with Crippen LogP contribution < -0.4 is 5.73 Å². The fraction of sp³-hybridized carbons (Fsp3) is 0.0769. The lowest BCUT2D eigenvalue weighted by Crippen LogP contribution is -1.88. The second-order valence-corrected chi connectivity index (χ2v) is 4.66. The van der Waals surface area contributed by atoms with Gasteiger partial charge in [-0.05, 0) is 35.9 Å². The zero-order valence-electron chi connectivity index (χ0n) is 9.06. The Morgan fingerprint density at radius 1 is 1.12 bits per heavy atom. The molecule has 0 aliphatic rings. The van der Waals surface area contributed by atoms with E-state index in [0.29, 0.717) is 16.3 Å². The molecule has 2 aromatic rings. The Kier molecular flexibility index (Phi) is 3.54. The summed E-state index contributed by atoms with van der Waals surface area (Å²) in [6.07, 6.45) is 0. The van der Waals surface area contributed by atoms with Gasteiger partial charge in [-0.15, -0.1) is 11.8 Å². The molecule has 0 radical (unpaired) electrons. The van der Waals surface area contributed by atoms with Gasteiger partial charge in [0.15, 0.2) is 0 Å². The number of nitrogen functional groups attached to an aromatic ring is 1. The Labute approximate surface area is 103 Å². The molecule has 0 atom stereocenters. The number of phenols is 1. The molecule has 0 aliphatic carbocycles. The maximum Gasteiger partial charge on any atom is 0.138 e. The highest BCUT2D eigenvalue weighted by Crippen LogP contribution is 2.27.